The zero-order valence-corrected chi connectivity index (χ0v) is 14.4. The van der Waals surface area contributed by atoms with E-state index in [4.69, 9.17) is 19.7 Å². The predicted octanol–water partition coefficient (Wildman–Crippen LogP) is -3.31. The van der Waals surface area contributed by atoms with Gasteiger partial charge in [-0.1, -0.05) is 13.8 Å². The lowest BCUT2D eigenvalue weighted by Gasteiger charge is -2.41. The first-order valence-electron chi connectivity index (χ1n) is 8.14. The van der Waals surface area contributed by atoms with Crippen molar-refractivity contribution in [1.82, 2.24) is 5.32 Å². The zero-order valence-electron chi connectivity index (χ0n) is 14.4. The minimum Gasteiger partial charge on any atom is -0.396 e. The van der Waals surface area contributed by atoms with Gasteiger partial charge in [-0.2, -0.15) is 0 Å². The smallest absolute Gasteiger partial charge is 0.249 e. The first-order valence-corrected chi connectivity index (χ1v) is 8.14. The fourth-order valence-electron chi connectivity index (χ4n) is 2.32. The van der Waals surface area contributed by atoms with Crippen molar-refractivity contribution in [2.45, 2.75) is 57.1 Å². The Morgan fingerprint density at radius 1 is 1.20 bits per heavy atom. The van der Waals surface area contributed by atoms with Crippen LogP contribution in [0.1, 0.15) is 20.3 Å². The lowest BCUT2D eigenvalue weighted by atomic mass is 9.87. The second-order valence-electron chi connectivity index (χ2n) is 6.77. The molecule has 0 aliphatic carbocycles. The van der Waals surface area contributed by atoms with Crippen LogP contribution < -0.4 is 5.32 Å². The summed E-state index contributed by atoms with van der Waals surface area (Å²) in [5.41, 5.74) is -1.05. The molecule has 10 nitrogen and oxygen atoms in total. The molecule has 1 aliphatic rings. The quantitative estimate of drug-likeness (QED) is 0.206. The molecule has 0 bridgehead atoms. The Balaban J connectivity index is 2.60. The molecule has 0 spiro atoms. The highest BCUT2D eigenvalue weighted by atomic mass is 16.7. The number of rotatable bonds is 9. The van der Waals surface area contributed by atoms with Gasteiger partial charge in [-0.05, 0) is 6.42 Å². The molecule has 6 atom stereocenters. The van der Waals surface area contributed by atoms with Gasteiger partial charge in [0.2, 0.25) is 5.91 Å². The van der Waals surface area contributed by atoms with E-state index in [1.54, 1.807) is 13.8 Å². The lowest BCUT2D eigenvalue weighted by Crippen LogP contribution is -2.59. The number of hydrogen-bond donors (Lipinski definition) is 7. The maximum absolute atomic E-state index is 11.9. The monoisotopic (exact) mass is 367 g/mol. The predicted molar refractivity (Wildman–Crippen MR) is 84.2 cm³/mol. The van der Waals surface area contributed by atoms with Gasteiger partial charge < -0.3 is 45.4 Å². The van der Waals surface area contributed by atoms with E-state index in [-0.39, 0.29) is 19.8 Å². The third kappa shape index (κ3) is 5.83. The van der Waals surface area contributed by atoms with E-state index in [2.05, 4.69) is 5.32 Å². The highest BCUT2D eigenvalue weighted by Crippen LogP contribution is 2.26. The van der Waals surface area contributed by atoms with Crippen LogP contribution in [0.25, 0.3) is 0 Å². The summed E-state index contributed by atoms with van der Waals surface area (Å²) in [6.07, 6.45) is -8.10. The van der Waals surface area contributed by atoms with Crippen molar-refractivity contribution >= 4 is 5.91 Å². The first kappa shape index (κ1) is 22.2. The summed E-state index contributed by atoms with van der Waals surface area (Å²) in [5.74, 6) is -0.629. The summed E-state index contributed by atoms with van der Waals surface area (Å²) >= 11 is 0. The number of nitrogens with one attached hydrogen (secondary N) is 1. The Morgan fingerprint density at radius 2 is 1.84 bits per heavy atom. The maximum atomic E-state index is 11.9. The number of carbonyl (C=O) groups is 1. The second kappa shape index (κ2) is 9.74. The topological polar surface area (TPSA) is 169 Å². The number of aliphatic hydroxyl groups excluding tert-OH is 6. The number of aliphatic hydroxyl groups is 6. The number of ether oxygens (including phenoxy) is 2. The van der Waals surface area contributed by atoms with Crippen molar-refractivity contribution in [2.75, 3.05) is 26.4 Å². The molecule has 1 aliphatic heterocycles. The molecule has 7 N–H and O–H groups in total. The first-order chi connectivity index (χ1) is 11.7. The van der Waals surface area contributed by atoms with E-state index in [0.29, 0.717) is 6.42 Å². The van der Waals surface area contributed by atoms with Gasteiger partial charge in [0.15, 0.2) is 6.29 Å². The largest absolute Gasteiger partial charge is 0.396 e. The maximum Gasteiger partial charge on any atom is 0.249 e. The Morgan fingerprint density at radius 3 is 2.40 bits per heavy atom. The summed E-state index contributed by atoms with van der Waals surface area (Å²) in [7, 11) is 0. The van der Waals surface area contributed by atoms with Gasteiger partial charge in [-0.15, -0.1) is 0 Å². The molecule has 0 aromatic heterocycles. The highest BCUT2D eigenvalue weighted by Gasteiger charge is 2.45. The van der Waals surface area contributed by atoms with Gasteiger partial charge in [0, 0.05) is 18.6 Å². The lowest BCUT2D eigenvalue weighted by molar-refractivity contribution is -0.306. The van der Waals surface area contributed by atoms with Crippen LogP contribution in [0.15, 0.2) is 0 Å². The third-order valence-corrected chi connectivity index (χ3v) is 4.09. The Hall–Kier alpha value is -0.850. The third-order valence-electron chi connectivity index (χ3n) is 4.09. The van der Waals surface area contributed by atoms with Gasteiger partial charge in [0.25, 0.3) is 0 Å². The van der Waals surface area contributed by atoms with Crippen molar-refractivity contribution < 1.29 is 44.9 Å². The van der Waals surface area contributed by atoms with Crippen LogP contribution in [0.4, 0.5) is 0 Å². The van der Waals surface area contributed by atoms with Crippen LogP contribution in [0.5, 0.6) is 0 Å². The number of hydrogen-bond acceptors (Lipinski definition) is 9. The summed E-state index contributed by atoms with van der Waals surface area (Å²) in [5, 5.41) is 59.8. The van der Waals surface area contributed by atoms with Crippen LogP contribution in [0.2, 0.25) is 0 Å². The average Bonchev–Trinajstić information content (AvgIpc) is 2.58. The van der Waals surface area contributed by atoms with E-state index in [1.165, 1.54) is 0 Å². The molecule has 0 aromatic rings. The molecular weight excluding hydrogens is 338 g/mol. The molecule has 1 fully saturated rings. The summed E-state index contributed by atoms with van der Waals surface area (Å²) in [6, 6.07) is 0. The van der Waals surface area contributed by atoms with Crippen molar-refractivity contribution in [3.63, 3.8) is 0 Å². The van der Waals surface area contributed by atoms with Crippen LogP contribution in [0.3, 0.4) is 0 Å². The molecule has 10 heteroatoms. The van der Waals surface area contributed by atoms with Crippen LogP contribution >= 0.6 is 0 Å². The van der Waals surface area contributed by atoms with Crippen LogP contribution in [-0.4, -0.2) is 99.7 Å². The molecule has 1 heterocycles. The van der Waals surface area contributed by atoms with E-state index < -0.39 is 54.7 Å². The van der Waals surface area contributed by atoms with Gasteiger partial charge in [-0.3, -0.25) is 4.79 Å². The van der Waals surface area contributed by atoms with Crippen LogP contribution in [0, 0.1) is 5.41 Å². The molecule has 0 radical (unpaired) electrons. The Kier molecular flexibility index (Phi) is 8.64. The summed E-state index contributed by atoms with van der Waals surface area (Å²) in [6.45, 7) is 2.48. The highest BCUT2D eigenvalue weighted by molar-refractivity contribution is 5.81. The van der Waals surface area contributed by atoms with Crippen molar-refractivity contribution in [3.8, 4) is 0 Å². The standard InChI is InChI=1S/C15H29NO9/c1-15(2,12(22)13(23)16-4-3-5-17)7-24-14-11(21)10(20)9(19)8(6-18)25-14/h8-12,14,17-22H,3-7H2,1-2H3,(H,16,23)/t8?,9?,10?,11?,12-,14?/m0/s1. The van der Waals surface area contributed by atoms with Gasteiger partial charge >= 0.3 is 0 Å². The molecule has 0 aromatic carbocycles. The van der Waals surface area contributed by atoms with Gasteiger partial charge in [-0.25, -0.2) is 0 Å². The summed E-state index contributed by atoms with van der Waals surface area (Å²) in [4.78, 5) is 11.9. The van der Waals surface area contributed by atoms with E-state index in [9.17, 15) is 25.2 Å². The average molecular weight is 367 g/mol. The van der Waals surface area contributed by atoms with Crippen LogP contribution in [-0.2, 0) is 14.3 Å². The molecule has 5 unspecified atom stereocenters. The molecule has 1 saturated heterocycles. The molecule has 1 rings (SSSR count). The van der Waals surface area contributed by atoms with Gasteiger partial charge in [0.05, 0.1) is 13.2 Å². The number of amides is 1. The minimum atomic E-state index is -1.56. The van der Waals surface area contributed by atoms with E-state index >= 15 is 0 Å². The normalized spacial score (nSPS) is 31.6. The Bertz CT molecular complexity index is 418. The fourth-order valence-corrected chi connectivity index (χ4v) is 2.32. The Labute approximate surface area is 146 Å². The summed E-state index contributed by atoms with van der Waals surface area (Å²) < 4.78 is 10.6. The molecular formula is C15H29NO9. The van der Waals surface area contributed by atoms with Crippen molar-refractivity contribution in [1.29, 1.82) is 0 Å². The van der Waals surface area contributed by atoms with Gasteiger partial charge in [0.1, 0.15) is 30.5 Å². The van der Waals surface area contributed by atoms with Crippen molar-refractivity contribution in [3.05, 3.63) is 0 Å². The molecule has 25 heavy (non-hydrogen) atoms. The molecule has 0 saturated carbocycles. The molecule has 1 amide bonds. The molecule has 148 valence electrons. The van der Waals surface area contributed by atoms with E-state index in [0.717, 1.165) is 0 Å². The fraction of sp³-hybridized carbons (Fsp3) is 0.933. The number of carbonyl (C=O) groups excluding carboxylic acids is 1. The SMILES string of the molecule is CC(C)(COC1OC(CO)C(O)C(O)C1O)[C@@H](O)C(=O)NCCCO. The minimum absolute atomic E-state index is 0.0833. The van der Waals surface area contributed by atoms with E-state index in [1.807, 2.05) is 0 Å². The van der Waals surface area contributed by atoms with Crippen molar-refractivity contribution in [2.24, 2.45) is 5.41 Å². The zero-order chi connectivity index (χ0) is 19.2. The second-order valence-corrected chi connectivity index (χ2v) is 6.77.